The number of sulfone groups is 1. The predicted octanol–water partition coefficient (Wildman–Crippen LogP) is 3.45. The van der Waals surface area contributed by atoms with Crippen LogP contribution in [0.3, 0.4) is 0 Å². The van der Waals surface area contributed by atoms with E-state index in [9.17, 15) is 27.6 Å². The van der Waals surface area contributed by atoms with Gasteiger partial charge >= 0.3 is 6.03 Å². The van der Waals surface area contributed by atoms with Gasteiger partial charge in [-0.25, -0.2) is 13.2 Å². The molecule has 0 bridgehead atoms. The molecule has 0 aromatic heterocycles. The Morgan fingerprint density at radius 2 is 1.62 bits per heavy atom. The summed E-state index contributed by atoms with van der Waals surface area (Å²) in [4.78, 5) is 56.8. The van der Waals surface area contributed by atoms with Gasteiger partial charge in [0.2, 0.25) is 11.8 Å². The number of amides is 5. The summed E-state index contributed by atoms with van der Waals surface area (Å²) in [5.74, 6) is -0.418. The summed E-state index contributed by atoms with van der Waals surface area (Å²) in [5, 5.41) is 12.0. The Labute approximate surface area is 299 Å². The molecule has 7 unspecified atom stereocenters. The molecule has 5 amide bonds. The molecule has 5 aliphatic rings. The van der Waals surface area contributed by atoms with E-state index in [-0.39, 0.29) is 46.8 Å². The summed E-state index contributed by atoms with van der Waals surface area (Å²) < 4.78 is 31.5. The lowest BCUT2D eigenvalue weighted by Crippen LogP contribution is -2.64. The molecule has 0 aromatic carbocycles. The van der Waals surface area contributed by atoms with Gasteiger partial charge in [-0.2, -0.15) is 0 Å². The minimum Gasteiger partial charge on any atom is -0.357 e. The van der Waals surface area contributed by atoms with Crippen molar-refractivity contribution in [3.05, 3.63) is 12.7 Å². The Morgan fingerprint density at radius 1 is 0.980 bits per heavy atom. The summed E-state index contributed by atoms with van der Waals surface area (Å²) in [7, 11) is -3.54. The number of carbonyl (C=O) groups is 4. The first-order valence-corrected chi connectivity index (χ1v) is 20.2. The molecule has 50 heavy (non-hydrogen) atoms. The lowest BCUT2D eigenvalue weighted by molar-refractivity contribution is -0.144. The number of nitrogens with one attached hydrogen (secondary N) is 4. The van der Waals surface area contributed by atoms with Gasteiger partial charge in [0, 0.05) is 13.1 Å². The molecule has 282 valence electrons. The predicted molar refractivity (Wildman–Crippen MR) is 192 cm³/mol. The Kier molecular flexibility index (Phi) is 10.6. The van der Waals surface area contributed by atoms with Gasteiger partial charge in [0.25, 0.3) is 5.91 Å². The van der Waals surface area contributed by atoms with Crippen molar-refractivity contribution in [3.8, 4) is 0 Å². The number of urea groups is 1. The van der Waals surface area contributed by atoms with E-state index < -0.39 is 55.9 Å². The topological polar surface area (TPSA) is 166 Å². The van der Waals surface area contributed by atoms with Crippen LogP contribution in [0, 0.1) is 28.6 Å². The Bertz CT molecular complexity index is 1450. The number of nitrogens with zero attached hydrogens (tertiary/aromatic N) is 1. The Balaban J connectivity index is 1.32. The zero-order chi connectivity index (χ0) is 37.0. The van der Waals surface area contributed by atoms with Crippen molar-refractivity contribution in [2.24, 2.45) is 28.6 Å². The van der Waals surface area contributed by atoms with Crippen LogP contribution in [0.15, 0.2) is 12.7 Å². The highest BCUT2D eigenvalue weighted by Gasteiger charge is 2.70. The second-order valence-corrected chi connectivity index (χ2v) is 21.1. The molecular formula is C37H61N5O7S. The van der Waals surface area contributed by atoms with Gasteiger partial charge in [0.15, 0.2) is 15.9 Å². The zero-order valence-corrected chi connectivity index (χ0v) is 32.2. The van der Waals surface area contributed by atoms with Crippen LogP contribution in [0.1, 0.15) is 107 Å². The van der Waals surface area contributed by atoms with E-state index in [2.05, 4.69) is 41.7 Å². The van der Waals surface area contributed by atoms with Crippen molar-refractivity contribution in [2.75, 3.05) is 18.8 Å². The molecule has 12 nitrogen and oxygen atoms in total. The first-order chi connectivity index (χ1) is 23.1. The van der Waals surface area contributed by atoms with Crippen molar-refractivity contribution >= 4 is 33.6 Å². The molecule has 4 N–H and O–H groups in total. The maximum absolute atomic E-state index is 14.5. The number of epoxide rings is 1. The Hall–Kier alpha value is -2.67. The molecule has 0 radical (unpaired) electrons. The van der Waals surface area contributed by atoms with Crippen molar-refractivity contribution in [1.82, 2.24) is 26.2 Å². The van der Waals surface area contributed by atoms with E-state index >= 15 is 0 Å². The number of piperidine rings is 1. The maximum atomic E-state index is 14.5. The largest absolute Gasteiger partial charge is 0.357 e. The smallest absolute Gasteiger partial charge is 0.315 e. The third-order valence-electron chi connectivity index (χ3n) is 12.0. The lowest BCUT2D eigenvalue weighted by atomic mass is 9.83. The highest BCUT2D eigenvalue weighted by atomic mass is 32.2. The molecule has 3 saturated carbocycles. The van der Waals surface area contributed by atoms with E-state index in [4.69, 9.17) is 4.74 Å². The van der Waals surface area contributed by atoms with Gasteiger partial charge in [-0.1, -0.05) is 72.8 Å². The molecule has 0 aromatic rings. The van der Waals surface area contributed by atoms with Crippen LogP contribution in [0.5, 0.6) is 0 Å². The summed E-state index contributed by atoms with van der Waals surface area (Å²) >= 11 is 0. The van der Waals surface area contributed by atoms with E-state index in [0.717, 1.165) is 32.1 Å². The maximum Gasteiger partial charge on any atom is 0.315 e. The van der Waals surface area contributed by atoms with Crippen LogP contribution in [-0.4, -0.2) is 96.5 Å². The summed E-state index contributed by atoms with van der Waals surface area (Å²) in [6, 6.07) is -2.63. The van der Waals surface area contributed by atoms with Gasteiger partial charge < -0.3 is 30.9 Å². The second kappa shape index (κ2) is 13.7. The third kappa shape index (κ3) is 8.18. The molecule has 5 fully saturated rings. The zero-order valence-electron chi connectivity index (χ0n) is 31.4. The molecule has 2 aliphatic heterocycles. The summed E-state index contributed by atoms with van der Waals surface area (Å²) in [6.07, 6.45) is 7.05. The van der Waals surface area contributed by atoms with Crippen LogP contribution < -0.4 is 21.3 Å². The highest BCUT2D eigenvalue weighted by molar-refractivity contribution is 7.92. The third-order valence-corrected chi connectivity index (χ3v) is 14.7. The van der Waals surface area contributed by atoms with E-state index in [1.807, 2.05) is 20.8 Å². The van der Waals surface area contributed by atoms with Crippen molar-refractivity contribution in [2.45, 2.75) is 147 Å². The molecule has 3 aliphatic carbocycles. The summed E-state index contributed by atoms with van der Waals surface area (Å²) in [5.41, 5.74) is -1.76. The van der Waals surface area contributed by atoms with Crippen molar-refractivity contribution in [3.63, 3.8) is 0 Å². The number of fused-ring (bicyclic) bond motifs is 1. The van der Waals surface area contributed by atoms with E-state index in [1.165, 1.54) is 0 Å². The SMILES string of the molecule is C=CCNC(=O)C1OC1C(CC1CC1)NC(=O)C1C2C(CN1C(=O)C(NC(=O)NC1(CS(=O)(=O)C(C)(C)C)CCCCC1)C(C)(C)C)C2(C)C. The van der Waals surface area contributed by atoms with Crippen LogP contribution in [0.4, 0.5) is 4.79 Å². The summed E-state index contributed by atoms with van der Waals surface area (Å²) in [6.45, 7) is 19.3. The van der Waals surface area contributed by atoms with E-state index in [1.54, 1.807) is 31.7 Å². The van der Waals surface area contributed by atoms with Gasteiger partial charge in [0.05, 0.1) is 22.1 Å². The second-order valence-electron chi connectivity index (χ2n) is 18.3. The fraction of sp³-hybridized carbons (Fsp3) is 0.838. The van der Waals surface area contributed by atoms with Gasteiger partial charge in [-0.05, 0) is 68.6 Å². The molecule has 2 saturated heterocycles. The van der Waals surface area contributed by atoms with Crippen LogP contribution in [0.2, 0.25) is 0 Å². The monoisotopic (exact) mass is 719 g/mol. The molecule has 13 heteroatoms. The minimum atomic E-state index is -3.54. The lowest BCUT2D eigenvalue weighted by Gasteiger charge is -2.41. The van der Waals surface area contributed by atoms with Crippen LogP contribution in [-0.2, 0) is 29.0 Å². The molecular weight excluding hydrogens is 659 g/mol. The van der Waals surface area contributed by atoms with Crippen LogP contribution >= 0.6 is 0 Å². The van der Waals surface area contributed by atoms with Crippen molar-refractivity contribution in [1.29, 1.82) is 0 Å². The number of carbonyl (C=O) groups excluding carboxylic acids is 4. The average molecular weight is 720 g/mol. The van der Waals surface area contributed by atoms with E-state index in [0.29, 0.717) is 38.3 Å². The van der Waals surface area contributed by atoms with Gasteiger partial charge in [-0.15, -0.1) is 6.58 Å². The first-order valence-electron chi connectivity index (χ1n) is 18.6. The number of hydrogen-bond donors (Lipinski definition) is 4. The number of ether oxygens (including phenoxy) is 1. The van der Waals surface area contributed by atoms with Gasteiger partial charge in [0.1, 0.15) is 18.2 Å². The Morgan fingerprint density at radius 3 is 2.18 bits per heavy atom. The average Bonchev–Trinajstić information content (AvgIpc) is 3.95. The van der Waals surface area contributed by atoms with Crippen molar-refractivity contribution < 1.29 is 32.3 Å². The minimum absolute atomic E-state index is 0.0395. The van der Waals surface area contributed by atoms with Gasteiger partial charge in [-0.3, -0.25) is 14.4 Å². The molecule has 0 spiro atoms. The molecule has 2 heterocycles. The first kappa shape index (κ1) is 38.6. The van der Waals surface area contributed by atoms with Crippen LogP contribution in [0.25, 0.3) is 0 Å². The molecule has 7 atom stereocenters. The fourth-order valence-electron chi connectivity index (χ4n) is 8.32. The fourth-order valence-corrected chi connectivity index (χ4v) is 9.84. The highest BCUT2D eigenvalue weighted by Crippen LogP contribution is 2.65. The quantitative estimate of drug-likeness (QED) is 0.167. The number of likely N-dealkylation sites (tertiary alicyclic amines) is 1. The number of rotatable bonds is 13. The normalized spacial score (nSPS) is 29.5. The number of hydrogen-bond acceptors (Lipinski definition) is 7. The molecule has 5 rings (SSSR count). The standard InChI is InChI=1S/C37H61N5O7S/c1-10-18-38-31(44)28-27(49-28)24(19-22-14-15-22)39-30(43)26-25-23(36(25,8)9)20-42(26)32(45)29(34(2,3)4)40-33(46)41-37(16-12-11-13-17-37)21-50(47,48)35(5,6)7/h10,22-29H,1,11-21H2,2-9H3,(H,38,44)(H,39,43)(H2,40,41,46).